The first-order valence-electron chi connectivity index (χ1n) is 4.99. The van der Waals surface area contributed by atoms with Crippen LogP contribution in [0.1, 0.15) is 6.42 Å². The maximum absolute atomic E-state index is 11.9. The third-order valence-corrected chi connectivity index (χ3v) is 4.02. The SMILES string of the molecule is COCCN(CCC(N)=NO)S(=O)(=O)N(C)C. The molecule has 0 aromatic heterocycles. The minimum Gasteiger partial charge on any atom is -0.409 e. The average Bonchev–Trinajstić information content (AvgIpc) is 2.28. The molecule has 0 heterocycles. The molecule has 9 heteroatoms. The second kappa shape index (κ2) is 7.43. The molecule has 3 N–H and O–H groups in total. The van der Waals surface area contributed by atoms with E-state index in [9.17, 15) is 8.42 Å². The van der Waals surface area contributed by atoms with E-state index in [0.29, 0.717) is 0 Å². The number of hydrogen-bond donors (Lipinski definition) is 2. The van der Waals surface area contributed by atoms with Crippen LogP contribution >= 0.6 is 0 Å². The van der Waals surface area contributed by atoms with Crippen molar-refractivity contribution in [1.29, 1.82) is 0 Å². The lowest BCUT2D eigenvalue weighted by Crippen LogP contribution is -2.43. The van der Waals surface area contributed by atoms with Crippen LogP contribution in [0.25, 0.3) is 0 Å². The zero-order valence-electron chi connectivity index (χ0n) is 10.3. The molecule has 0 aliphatic carbocycles. The van der Waals surface area contributed by atoms with Gasteiger partial charge in [-0.3, -0.25) is 0 Å². The molecule has 0 saturated heterocycles. The van der Waals surface area contributed by atoms with Gasteiger partial charge < -0.3 is 15.7 Å². The number of rotatable bonds is 8. The van der Waals surface area contributed by atoms with Gasteiger partial charge in [-0.1, -0.05) is 5.16 Å². The van der Waals surface area contributed by atoms with Crippen LogP contribution in [0.2, 0.25) is 0 Å². The second-order valence-corrected chi connectivity index (χ2v) is 5.67. The third kappa shape index (κ3) is 5.31. The lowest BCUT2D eigenvalue weighted by atomic mass is 10.4. The van der Waals surface area contributed by atoms with E-state index in [4.69, 9.17) is 15.7 Å². The van der Waals surface area contributed by atoms with E-state index in [1.807, 2.05) is 0 Å². The minimum atomic E-state index is -3.52. The predicted molar refractivity (Wildman–Crippen MR) is 64.1 cm³/mol. The van der Waals surface area contributed by atoms with Crippen molar-refractivity contribution in [2.75, 3.05) is 40.9 Å². The molecule has 0 aromatic carbocycles. The van der Waals surface area contributed by atoms with Gasteiger partial charge in [-0.25, -0.2) is 0 Å². The number of nitrogens with zero attached hydrogens (tertiary/aromatic N) is 3. The molecule has 0 bridgehead atoms. The Kier molecular flexibility index (Phi) is 7.04. The molecule has 0 amide bonds. The Morgan fingerprint density at radius 1 is 1.41 bits per heavy atom. The summed E-state index contributed by atoms with van der Waals surface area (Å²) < 4.78 is 30.9. The normalized spacial score (nSPS) is 13.6. The van der Waals surface area contributed by atoms with Crippen molar-refractivity contribution in [3.63, 3.8) is 0 Å². The lowest BCUT2D eigenvalue weighted by molar-refractivity contribution is 0.177. The van der Waals surface area contributed by atoms with E-state index in [2.05, 4.69) is 5.16 Å². The summed E-state index contributed by atoms with van der Waals surface area (Å²) in [4.78, 5) is 0. The van der Waals surface area contributed by atoms with E-state index < -0.39 is 10.2 Å². The lowest BCUT2D eigenvalue weighted by Gasteiger charge is -2.24. The van der Waals surface area contributed by atoms with Crippen molar-refractivity contribution in [3.8, 4) is 0 Å². The molecule has 0 aromatic rings. The zero-order chi connectivity index (χ0) is 13.5. The highest BCUT2D eigenvalue weighted by Crippen LogP contribution is 2.05. The Labute approximate surface area is 102 Å². The Balaban J connectivity index is 4.65. The van der Waals surface area contributed by atoms with Crippen LogP contribution in [0.4, 0.5) is 0 Å². The van der Waals surface area contributed by atoms with Crippen LogP contribution < -0.4 is 5.73 Å². The molecule has 0 aliphatic heterocycles. The first kappa shape index (κ1) is 16.1. The van der Waals surface area contributed by atoms with Gasteiger partial charge in [-0.05, 0) is 0 Å². The van der Waals surface area contributed by atoms with Gasteiger partial charge in [-0.15, -0.1) is 0 Å². The maximum Gasteiger partial charge on any atom is 0.281 e. The quantitative estimate of drug-likeness (QED) is 0.251. The van der Waals surface area contributed by atoms with Crippen molar-refractivity contribution >= 4 is 16.0 Å². The van der Waals surface area contributed by atoms with Gasteiger partial charge in [0.2, 0.25) is 0 Å². The van der Waals surface area contributed by atoms with Gasteiger partial charge in [-0.2, -0.15) is 17.0 Å². The molecule has 17 heavy (non-hydrogen) atoms. The van der Waals surface area contributed by atoms with Crippen molar-refractivity contribution < 1.29 is 18.4 Å². The topological polar surface area (TPSA) is 108 Å². The molecule has 0 fully saturated rings. The van der Waals surface area contributed by atoms with Gasteiger partial charge >= 0.3 is 0 Å². The number of nitrogens with two attached hydrogens (primary N) is 1. The van der Waals surface area contributed by atoms with E-state index in [-0.39, 0.29) is 32.0 Å². The minimum absolute atomic E-state index is 0.0126. The Morgan fingerprint density at radius 3 is 2.41 bits per heavy atom. The van der Waals surface area contributed by atoms with Gasteiger partial charge in [0.25, 0.3) is 10.2 Å². The summed E-state index contributed by atoms with van der Waals surface area (Å²) in [7, 11) is 0.856. The highest BCUT2D eigenvalue weighted by atomic mass is 32.2. The molecule has 102 valence electrons. The van der Waals surface area contributed by atoms with Crippen molar-refractivity contribution in [3.05, 3.63) is 0 Å². The van der Waals surface area contributed by atoms with E-state index in [1.165, 1.54) is 25.5 Å². The first-order chi connectivity index (χ1) is 7.86. The molecular formula is C8H20N4O4S. The monoisotopic (exact) mass is 268 g/mol. The summed E-state index contributed by atoms with van der Waals surface area (Å²) in [5.74, 6) is -0.0126. The van der Waals surface area contributed by atoms with Crippen molar-refractivity contribution in [2.45, 2.75) is 6.42 Å². The van der Waals surface area contributed by atoms with Crippen LogP contribution in [-0.4, -0.2) is 69.0 Å². The van der Waals surface area contributed by atoms with Crippen LogP contribution in [0.3, 0.4) is 0 Å². The summed E-state index contributed by atoms with van der Waals surface area (Å²) in [6, 6.07) is 0. The fourth-order valence-electron chi connectivity index (χ4n) is 1.06. The smallest absolute Gasteiger partial charge is 0.281 e. The van der Waals surface area contributed by atoms with Crippen LogP contribution in [-0.2, 0) is 14.9 Å². The van der Waals surface area contributed by atoms with Crippen LogP contribution in [0, 0.1) is 0 Å². The molecule has 0 rings (SSSR count). The fourth-order valence-corrected chi connectivity index (χ4v) is 2.14. The summed E-state index contributed by atoms with van der Waals surface area (Å²) in [6.45, 7) is 0.638. The molecule has 0 radical (unpaired) electrons. The zero-order valence-corrected chi connectivity index (χ0v) is 11.1. The van der Waals surface area contributed by atoms with E-state index in [0.717, 1.165) is 4.31 Å². The Morgan fingerprint density at radius 2 is 2.00 bits per heavy atom. The van der Waals surface area contributed by atoms with E-state index in [1.54, 1.807) is 0 Å². The molecule has 0 unspecified atom stereocenters. The summed E-state index contributed by atoms with van der Waals surface area (Å²) >= 11 is 0. The number of methoxy groups -OCH3 is 1. The van der Waals surface area contributed by atoms with Gasteiger partial charge in [0.1, 0.15) is 5.84 Å². The molecular weight excluding hydrogens is 248 g/mol. The first-order valence-corrected chi connectivity index (χ1v) is 6.39. The highest BCUT2D eigenvalue weighted by Gasteiger charge is 2.23. The van der Waals surface area contributed by atoms with Crippen molar-refractivity contribution in [2.24, 2.45) is 10.9 Å². The van der Waals surface area contributed by atoms with E-state index >= 15 is 0 Å². The Bertz CT molecular complexity index is 341. The van der Waals surface area contributed by atoms with Crippen molar-refractivity contribution in [1.82, 2.24) is 8.61 Å². The standard InChI is InChI=1S/C8H20N4O4S/c1-11(2)17(14,15)12(6-7-16-3)5-4-8(9)10-13/h13H,4-7H2,1-3H3,(H2,9,10). The molecule has 8 nitrogen and oxygen atoms in total. The summed E-state index contributed by atoms with van der Waals surface area (Å²) in [5, 5.41) is 11.2. The summed E-state index contributed by atoms with van der Waals surface area (Å²) in [6.07, 6.45) is 0.160. The maximum atomic E-state index is 11.9. The number of oxime groups is 1. The summed E-state index contributed by atoms with van der Waals surface area (Å²) in [5.41, 5.74) is 5.30. The predicted octanol–water partition coefficient (Wildman–Crippen LogP) is -1.12. The number of hydrogen-bond acceptors (Lipinski definition) is 5. The van der Waals surface area contributed by atoms with Gasteiger partial charge in [0, 0.05) is 40.7 Å². The highest BCUT2D eigenvalue weighted by molar-refractivity contribution is 7.86. The number of ether oxygens (including phenoxy) is 1. The van der Waals surface area contributed by atoms with Gasteiger partial charge in [0.15, 0.2) is 0 Å². The van der Waals surface area contributed by atoms with Crippen LogP contribution in [0.15, 0.2) is 5.16 Å². The number of amidine groups is 1. The molecule has 0 saturated carbocycles. The second-order valence-electron chi connectivity index (χ2n) is 3.52. The van der Waals surface area contributed by atoms with Crippen LogP contribution in [0.5, 0.6) is 0 Å². The average molecular weight is 268 g/mol. The third-order valence-electron chi connectivity index (χ3n) is 2.08. The fraction of sp³-hybridized carbons (Fsp3) is 0.875. The molecule has 0 spiro atoms. The largest absolute Gasteiger partial charge is 0.409 e. The van der Waals surface area contributed by atoms with Gasteiger partial charge in [0.05, 0.1) is 6.61 Å². The Hall–Kier alpha value is -0.900. The molecule has 0 atom stereocenters. The molecule has 0 aliphatic rings.